The van der Waals surface area contributed by atoms with Gasteiger partial charge in [-0.05, 0) is 38.1 Å². The Bertz CT molecular complexity index is 1470. The van der Waals surface area contributed by atoms with Gasteiger partial charge in [0.2, 0.25) is 0 Å². The van der Waals surface area contributed by atoms with Crippen molar-refractivity contribution in [3.05, 3.63) is 60.8 Å². The fourth-order valence-corrected chi connectivity index (χ4v) is 4.32. The Balaban J connectivity index is 0.00000241. The smallest absolute Gasteiger partial charge is 0.192 e. The van der Waals surface area contributed by atoms with Crippen LogP contribution in [0.3, 0.4) is 0 Å². The third-order valence-electron chi connectivity index (χ3n) is 5.34. The maximum absolute atomic E-state index is 12.4. The van der Waals surface area contributed by atoms with Crippen molar-refractivity contribution in [1.29, 1.82) is 5.41 Å². The van der Waals surface area contributed by atoms with Crippen LogP contribution in [-0.4, -0.2) is 41.8 Å². The Hall–Kier alpha value is -3.67. The van der Waals surface area contributed by atoms with E-state index in [0.29, 0.717) is 28.4 Å². The Morgan fingerprint density at radius 2 is 1.59 bits per heavy atom. The van der Waals surface area contributed by atoms with E-state index in [9.17, 15) is 8.42 Å². The summed E-state index contributed by atoms with van der Waals surface area (Å²) in [6.45, 7) is 3.29. The van der Waals surface area contributed by atoms with Gasteiger partial charge >= 0.3 is 0 Å². The number of guanidine groups is 1. The predicted octanol–water partition coefficient (Wildman–Crippen LogP) is 4.64. The standard InChI is InChI=1S/C24H25N7O3S.2ClH/c1-14(2)35(32,33)18-10-6-16(7-11-18)20-13-28-23(25)22(30-20)21-12-19(31-34-21)15-4-8-17(9-5-15)29-24(26)27-3;;/h4-14H,1-3H3,(H2,25,28)(H3,26,27,29);2*1H. The van der Waals surface area contributed by atoms with Crippen LogP contribution in [0.1, 0.15) is 13.8 Å². The van der Waals surface area contributed by atoms with Crippen molar-refractivity contribution in [3.63, 3.8) is 0 Å². The summed E-state index contributed by atoms with van der Waals surface area (Å²) in [5.74, 6) is 0.720. The van der Waals surface area contributed by atoms with Crippen LogP contribution in [-0.2, 0) is 9.84 Å². The van der Waals surface area contributed by atoms with Crippen molar-refractivity contribution in [2.24, 2.45) is 0 Å². The zero-order valence-electron chi connectivity index (χ0n) is 20.2. The van der Waals surface area contributed by atoms with Gasteiger partial charge in [0.05, 0.1) is 22.0 Å². The van der Waals surface area contributed by atoms with E-state index in [4.69, 9.17) is 15.7 Å². The van der Waals surface area contributed by atoms with E-state index < -0.39 is 15.1 Å². The van der Waals surface area contributed by atoms with Crippen LogP contribution >= 0.6 is 24.8 Å². The SMILES string of the molecule is CNC(=N)Nc1ccc(-c2cc(-c3nc(-c4ccc(S(=O)(=O)C(C)C)cc4)cnc3N)on2)cc1.Cl.Cl. The molecule has 0 spiro atoms. The third-order valence-corrected chi connectivity index (χ3v) is 7.51. The van der Waals surface area contributed by atoms with Gasteiger partial charge in [0.15, 0.2) is 33.1 Å². The normalized spacial score (nSPS) is 10.8. The summed E-state index contributed by atoms with van der Waals surface area (Å²) < 4.78 is 30.3. The first-order chi connectivity index (χ1) is 16.7. The molecule has 0 unspecified atom stereocenters. The molecular formula is C24H27Cl2N7O3S. The van der Waals surface area contributed by atoms with E-state index in [1.807, 2.05) is 24.3 Å². The van der Waals surface area contributed by atoms with Gasteiger partial charge in [-0.2, -0.15) is 0 Å². The summed E-state index contributed by atoms with van der Waals surface area (Å²) in [6.07, 6.45) is 1.52. The highest BCUT2D eigenvalue weighted by atomic mass is 35.5. The number of nitrogens with zero attached hydrogens (tertiary/aromatic N) is 3. The first-order valence-corrected chi connectivity index (χ1v) is 12.3. The molecule has 0 saturated heterocycles. The number of anilines is 2. The molecule has 2 heterocycles. The van der Waals surface area contributed by atoms with Crippen molar-refractivity contribution in [1.82, 2.24) is 20.4 Å². The number of hydrogen-bond donors (Lipinski definition) is 4. The second-order valence-electron chi connectivity index (χ2n) is 8.01. The minimum absolute atomic E-state index is 0. The van der Waals surface area contributed by atoms with E-state index >= 15 is 0 Å². The third kappa shape index (κ3) is 6.37. The Kier molecular flexibility index (Phi) is 9.62. The van der Waals surface area contributed by atoms with E-state index in [0.717, 1.165) is 11.3 Å². The molecule has 0 bridgehead atoms. The summed E-state index contributed by atoms with van der Waals surface area (Å²) in [7, 11) is -1.70. The summed E-state index contributed by atoms with van der Waals surface area (Å²) in [6, 6.07) is 15.6. The molecule has 0 saturated carbocycles. The van der Waals surface area contributed by atoms with Crippen molar-refractivity contribution < 1.29 is 12.9 Å². The van der Waals surface area contributed by atoms with Gasteiger partial charge in [-0.3, -0.25) is 5.41 Å². The van der Waals surface area contributed by atoms with E-state index in [2.05, 4.69) is 25.8 Å². The monoisotopic (exact) mass is 563 g/mol. The number of halogens is 2. The first-order valence-electron chi connectivity index (χ1n) is 10.8. The highest BCUT2D eigenvalue weighted by Crippen LogP contribution is 2.30. The van der Waals surface area contributed by atoms with Crippen molar-refractivity contribution >= 4 is 52.1 Å². The number of rotatable bonds is 6. The molecular weight excluding hydrogens is 537 g/mol. The largest absolute Gasteiger partial charge is 0.382 e. The zero-order valence-corrected chi connectivity index (χ0v) is 22.7. The summed E-state index contributed by atoms with van der Waals surface area (Å²) in [5.41, 5.74) is 9.76. The van der Waals surface area contributed by atoms with Crippen LogP contribution in [0.5, 0.6) is 0 Å². The molecule has 4 rings (SSSR count). The average molecular weight is 564 g/mol. The summed E-state index contributed by atoms with van der Waals surface area (Å²) >= 11 is 0. The van der Waals surface area contributed by atoms with Gasteiger partial charge in [-0.1, -0.05) is 29.4 Å². The minimum Gasteiger partial charge on any atom is -0.382 e. The number of nitrogens with two attached hydrogens (primary N) is 1. The molecule has 10 nitrogen and oxygen atoms in total. The number of sulfone groups is 1. The number of benzene rings is 2. The summed E-state index contributed by atoms with van der Waals surface area (Å²) in [5, 5.41) is 16.9. The van der Waals surface area contributed by atoms with Crippen LogP contribution in [0, 0.1) is 5.41 Å². The van der Waals surface area contributed by atoms with Crippen LogP contribution in [0.4, 0.5) is 11.5 Å². The molecule has 13 heteroatoms. The van der Waals surface area contributed by atoms with Gasteiger partial charge in [-0.25, -0.2) is 18.4 Å². The van der Waals surface area contributed by atoms with Crippen molar-refractivity contribution in [2.75, 3.05) is 18.1 Å². The van der Waals surface area contributed by atoms with Gasteiger partial charge in [0.1, 0.15) is 5.69 Å². The number of aromatic nitrogens is 3. The second kappa shape index (κ2) is 12.0. The van der Waals surface area contributed by atoms with Gasteiger partial charge in [0, 0.05) is 29.9 Å². The lowest BCUT2D eigenvalue weighted by atomic mass is 10.1. The maximum Gasteiger partial charge on any atom is 0.192 e. The van der Waals surface area contributed by atoms with Gasteiger partial charge in [0.25, 0.3) is 0 Å². The molecule has 0 fully saturated rings. The Morgan fingerprint density at radius 3 is 2.19 bits per heavy atom. The fourth-order valence-electron chi connectivity index (χ4n) is 3.26. The molecule has 2 aromatic carbocycles. The minimum atomic E-state index is -3.36. The molecule has 0 aliphatic rings. The molecule has 0 atom stereocenters. The highest BCUT2D eigenvalue weighted by molar-refractivity contribution is 7.92. The zero-order chi connectivity index (χ0) is 25.2. The van der Waals surface area contributed by atoms with Crippen LogP contribution in [0.2, 0.25) is 0 Å². The Morgan fingerprint density at radius 1 is 1.00 bits per heavy atom. The molecule has 0 radical (unpaired) electrons. The summed E-state index contributed by atoms with van der Waals surface area (Å²) in [4.78, 5) is 9.08. The number of hydrogen-bond acceptors (Lipinski definition) is 8. The number of nitrogen functional groups attached to an aromatic ring is 1. The van der Waals surface area contributed by atoms with E-state index in [1.54, 1.807) is 51.2 Å². The predicted molar refractivity (Wildman–Crippen MR) is 150 cm³/mol. The molecule has 5 N–H and O–H groups in total. The fraction of sp³-hybridized carbons (Fsp3) is 0.167. The van der Waals surface area contributed by atoms with E-state index in [-0.39, 0.29) is 41.5 Å². The molecule has 0 amide bonds. The Labute approximate surface area is 227 Å². The average Bonchev–Trinajstić information content (AvgIpc) is 3.35. The lowest BCUT2D eigenvalue weighted by Crippen LogP contribution is -2.25. The maximum atomic E-state index is 12.4. The lowest BCUT2D eigenvalue weighted by molar-refractivity contribution is 0.434. The molecule has 0 aliphatic heterocycles. The van der Waals surface area contributed by atoms with Crippen LogP contribution in [0.15, 0.2) is 70.2 Å². The van der Waals surface area contributed by atoms with Gasteiger partial charge in [-0.15, -0.1) is 24.8 Å². The topological polar surface area (TPSA) is 160 Å². The lowest BCUT2D eigenvalue weighted by Gasteiger charge is -2.09. The molecule has 37 heavy (non-hydrogen) atoms. The molecule has 0 aliphatic carbocycles. The highest BCUT2D eigenvalue weighted by Gasteiger charge is 2.20. The molecule has 2 aromatic heterocycles. The second-order valence-corrected chi connectivity index (χ2v) is 10.5. The van der Waals surface area contributed by atoms with Crippen LogP contribution in [0.25, 0.3) is 34.0 Å². The quantitative estimate of drug-likeness (QED) is 0.193. The first kappa shape index (κ1) is 29.6. The van der Waals surface area contributed by atoms with Crippen LogP contribution < -0.4 is 16.4 Å². The van der Waals surface area contributed by atoms with Crippen molar-refractivity contribution in [3.8, 4) is 34.0 Å². The van der Waals surface area contributed by atoms with E-state index in [1.165, 1.54) is 6.20 Å². The van der Waals surface area contributed by atoms with Gasteiger partial charge < -0.3 is 20.9 Å². The number of nitrogens with one attached hydrogen (secondary N) is 3. The van der Waals surface area contributed by atoms with Crippen molar-refractivity contribution in [2.45, 2.75) is 24.0 Å². The molecule has 196 valence electrons. The molecule has 4 aromatic rings.